The SMILES string of the molecule is CC(C)(C)P(c1cc2ccccc2[cH-]1)C(C)(C)C.CCCC(C)C1=[C-]CC=C1.[Cl-].[Cl-].[Hf+4]. The molecule has 0 saturated carbocycles. The first kappa shape index (κ1) is 33.4. The maximum Gasteiger partial charge on any atom is 4.00 e. The molecule has 2 aromatic rings. The Morgan fingerprint density at radius 2 is 1.61 bits per heavy atom. The fourth-order valence-electron chi connectivity index (χ4n) is 4.39. The van der Waals surface area contributed by atoms with Gasteiger partial charge in [-0.05, 0) is 16.7 Å². The molecule has 0 heterocycles. The summed E-state index contributed by atoms with van der Waals surface area (Å²) < 4.78 is 0. The summed E-state index contributed by atoms with van der Waals surface area (Å²) in [7, 11) is -0.185. The quantitative estimate of drug-likeness (QED) is 0.273. The van der Waals surface area contributed by atoms with Crippen LogP contribution in [0.1, 0.15) is 74.7 Å². The summed E-state index contributed by atoms with van der Waals surface area (Å²) in [5, 5.41) is 5.00. The van der Waals surface area contributed by atoms with Gasteiger partial charge in [0.2, 0.25) is 0 Å². The maximum absolute atomic E-state index is 3.35. The molecule has 0 spiro atoms. The molecule has 1 aliphatic rings. The van der Waals surface area contributed by atoms with Gasteiger partial charge in [0, 0.05) is 0 Å². The van der Waals surface area contributed by atoms with Crippen molar-refractivity contribution in [1.82, 2.24) is 0 Å². The van der Waals surface area contributed by atoms with Crippen LogP contribution in [-0.4, -0.2) is 10.3 Å². The van der Waals surface area contributed by atoms with E-state index in [9.17, 15) is 0 Å². The van der Waals surface area contributed by atoms with Crippen LogP contribution in [0.3, 0.4) is 0 Å². The molecule has 0 fully saturated rings. The van der Waals surface area contributed by atoms with Crippen molar-refractivity contribution in [2.45, 2.75) is 85.0 Å². The molecule has 4 heteroatoms. The molecular weight excluding hydrogens is 605 g/mol. The molecule has 2 aromatic carbocycles. The van der Waals surface area contributed by atoms with Crippen LogP contribution in [0.5, 0.6) is 0 Å². The van der Waals surface area contributed by atoms with Crippen LogP contribution in [0.2, 0.25) is 0 Å². The third kappa shape index (κ3) is 9.92. The normalized spacial score (nSPS) is 14.0. The van der Waals surface area contributed by atoms with Crippen LogP contribution < -0.4 is 30.1 Å². The van der Waals surface area contributed by atoms with Crippen molar-refractivity contribution in [2.24, 2.45) is 5.92 Å². The average Bonchev–Trinajstić information content (AvgIpc) is 3.22. The number of hydrogen-bond donors (Lipinski definition) is 0. The van der Waals surface area contributed by atoms with Crippen LogP contribution in [0.15, 0.2) is 54.1 Å². The smallest absolute Gasteiger partial charge is 1.00 e. The molecular formula is C27H39Cl2HfP. The van der Waals surface area contributed by atoms with Gasteiger partial charge in [-0.15, -0.1) is 46.8 Å². The second-order valence-electron chi connectivity index (χ2n) is 9.95. The standard InChI is InChI=1S/C17H24P.C10H15.2ClH.Hf/c1-16(2,3)18(17(4,5)6)15-11-13-9-7-8-10-14(13)12-15;1-3-6-9(2)10-7-4-5-8-10;;;/h7-12H,1-6H3;4,7,9H,3,5-6H2,1-2H3;2*1H;/q2*-1;;;+4/p-2. The molecule has 1 unspecified atom stereocenters. The summed E-state index contributed by atoms with van der Waals surface area (Å²) in [6.45, 7) is 18.8. The van der Waals surface area contributed by atoms with E-state index in [1.807, 2.05) is 0 Å². The van der Waals surface area contributed by atoms with Crippen molar-refractivity contribution in [3.63, 3.8) is 0 Å². The van der Waals surface area contributed by atoms with Crippen molar-refractivity contribution in [3.8, 4) is 0 Å². The Hall–Kier alpha value is 0.190. The van der Waals surface area contributed by atoms with Gasteiger partial charge in [-0.3, -0.25) is 6.08 Å². The van der Waals surface area contributed by atoms with E-state index >= 15 is 0 Å². The molecule has 0 bridgehead atoms. The van der Waals surface area contributed by atoms with Gasteiger partial charge in [-0.25, -0.2) is 11.6 Å². The third-order valence-corrected chi connectivity index (χ3v) is 8.63. The second kappa shape index (κ2) is 14.5. The Bertz CT molecular complexity index is 775. The zero-order valence-corrected chi connectivity index (χ0v) is 26.5. The topological polar surface area (TPSA) is 0 Å². The van der Waals surface area contributed by atoms with Gasteiger partial charge in [0.05, 0.1) is 0 Å². The monoisotopic (exact) mass is 644 g/mol. The molecule has 0 radical (unpaired) electrons. The summed E-state index contributed by atoms with van der Waals surface area (Å²) in [6.07, 6.45) is 11.3. The minimum absolute atomic E-state index is 0. The number of rotatable bonds is 4. The summed E-state index contributed by atoms with van der Waals surface area (Å²) >= 11 is 0. The fraction of sp³-hybridized carbons (Fsp3) is 0.519. The van der Waals surface area contributed by atoms with Crippen LogP contribution in [0.25, 0.3) is 10.8 Å². The van der Waals surface area contributed by atoms with Crippen molar-refractivity contribution in [1.29, 1.82) is 0 Å². The van der Waals surface area contributed by atoms with Crippen molar-refractivity contribution in [2.75, 3.05) is 0 Å². The largest absolute Gasteiger partial charge is 4.00 e. The van der Waals surface area contributed by atoms with Gasteiger partial charge in [-0.2, -0.15) is 12.1 Å². The minimum Gasteiger partial charge on any atom is -1.00 e. The number of hydrogen-bond acceptors (Lipinski definition) is 0. The van der Waals surface area contributed by atoms with Crippen molar-refractivity contribution >= 4 is 24.0 Å². The van der Waals surface area contributed by atoms with Gasteiger partial charge >= 0.3 is 25.8 Å². The second-order valence-corrected chi connectivity index (χ2v) is 13.8. The van der Waals surface area contributed by atoms with Gasteiger partial charge in [0.1, 0.15) is 0 Å². The van der Waals surface area contributed by atoms with Crippen LogP contribution in [0.4, 0.5) is 0 Å². The number of halogens is 2. The van der Waals surface area contributed by atoms with Gasteiger partial charge in [0.25, 0.3) is 0 Å². The van der Waals surface area contributed by atoms with E-state index in [2.05, 4.69) is 110 Å². The molecule has 1 atom stereocenters. The molecule has 3 rings (SSSR count). The Kier molecular flexibility index (Phi) is 15.6. The van der Waals surface area contributed by atoms with Gasteiger partial charge in [-0.1, -0.05) is 81.7 Å². The Morgan fingerprint density at radius 1 is 1.03 bits per heavy atom. The van der Waals surface area contributed by atoms with Crippen LogP contribution >= 0.6 is 7.92 Å². The first-order valence-electron chi connectivity index (χ1n) is 10.8. The maximum atomic E-state index is 3.35. The van der Waals surface area contributed by atoms with E-state index in [4.69, 9.17) is 0 Å². The zero-order valence-electron chi connectivity index (χ0n) is 20.5. The minimum atomic E-state index is -0.185. The Balaban J connectivity index is 0. The Morgan fingerprint density at radius 3 is 2.06 bits per heavy atom. The van der Waals surface area contributed by atoms with Crippen LogP contribution in [-0.2, 0) is 25.8 Å². The zero-order chi connectivity index (χ0) is 20.9. The molecule has 1 aliphatic carbocycles. The van der Waals surface area contributed by atoms with Gasteiger partial charge < -0.3 is 24.8 Å². The molecule has 0 saturated heterocycles. The summed E-state index contributed by atoms with van der Waals surface area (Å²) in [5.41, 5.74) is 1.42. The van der Waals surface area contributed by atoms with Gasteiger partial charge in [0.15, 0.2) is 0 Å². The fourth-order valence-corrected chi connectivity index (χ4v) is 8.49. The average molecular weight is 644 g/mol. The molecule has 0 aromatic heterocycles. The first-order valence-corrected chi connectivity index (χ1v) is 12.1. The van der Waals surface area contributed by atoms with E-state index in [1.54, 1.807) is 5.30 Å². The molecule has 170 valence electrons. The summed E-state index contributed by atoms with van der Waals surface area (Å²) in [6, 6.07) is 13.5. The number of fused-ring (bicyclic) bond motifs is 1. The number of benzene rings is 1. The van der Waals surface area contributed by atoms with E-state index in [0.717, 1.165) is 12.3 Å². The third-order valence-electron chi connectivity index (χ3n) is 5.18. The molecule has 0 N–H and O–H groups in total. The molecule has 0 aliphatic heterocycles. The van der Waals surface area contributed by atoms with Crippen molar-refractivity contribution in [3.05, 3.63) is 60.2 Å². The summed E-state index contributed by atoms with van der Waals surface area (Å²) in [5.74, 6) is 0.726. The van der Waals surface area contributed by atoms with E-state index < -0.39 is 0 Å². The van der Waals surface area contributed by atoms with E-state index in [1.165, 1.54) is 29.2 Å². The predicted molar refractivity (Wildman–Crippen MR) is 130 cm³/mol. The van der Waals surface area contributed by atoms with E-state index in [0.29, 0.717) is 10.3 Å². The molecule has 0 amide bonds. The van der Waals surface area contributed by atoms with Crippen molar-refractivity contribution < 1.29 is 50.7 Å². The molecule has 31 heavy (non-hydrogen) atoms. The van der Waals surface area contributed by atoms with Crippen LogP contribution in [0, 0.1) is 12.0 Å². The summed E-state index contributed by atoms with van der Waals surface area (Å²) in [4.78, 5) is 0. The first-order chi connectivity index (χ1) is 13.0. The molecule has 0 nitrogen and oxygen atoms in total. The van der Waals surface area contributed by atoms with E-state index in [-0.39, 0.29) is 58.6 Å². The Labute approximate surface area is 224 Å². The predicted octanol–water partition coefficient (Wildman–Crippen LogP) is 2.38. The number of allylic oxidation sites excluding steroid dienone is 4.